The highest BCUT2D eigenvalue weighted by Crippen LogP contribution is 2.16. The molecule has 1 aliphatic heterocycles. The Labute approximate surface area is 216 Å². The molecule has 1 aliphatic rings. The van der Waals surface area contributed by atoms with Gasteiger partial charge in [0, 0.05) is 45.0 Å². The van der Waals surface area contributed by atoms with Gasteiger partial charge in [0.05, 0.1) is 17.2 Å². The van der Waals surface area contributed by atoms with E-state index in [4.69, 9.17) is 19.8 Å². The summed E-state index contributed by atoms with van der Waals surface area (Å²) in [4.78, 5) is 38.8. The predicted octanol–water partition coefficient (Wildman–Crippen LogP) is 3.51. The topological polar surface area (TPSA) is 136 Å². The Morgan fingerprint density at radius 2 is 1.54 bits per heavy atom. The van der Waals surface area contributed by atoms with Crippen LogP contribution in [0.5, 0.6) is 0 Å². The maximum atomic E-state index is 13.2. The van der Waals surface area contributed by atoms with Crippen LogP contribution in [0, 0.1) is 5.82 Å². The van der Waals surface area contributed by atoms with Crippen molar-refractivity contribution in [2.45, 2.75) is 25.2 Å². The van der Waals surface area contributed by atoms with E-state index in [9.17, 15) is 30.7 Å². The molecule has 0 unspecified atom stereocenters. The Morgan fingerprint density at radius 3 is 2.05 bits per heavy atom. The van der Waals surface area contributed by atoms with E-state index < -0.39 is 24.3 Å². The van der Waals surface area contributed by atoms with Crippen LogP contribution in [-0.4, -0.2) is 92.1 Å². The third-order valence-electron chi connectivity index (χ3n) is 5.11. The molecule has 0 spiro atoms. The molecular formula is C22H23F7N6O4. The molecule has 0 aliphatic carbocycles. The minimum atomic E-state index is -5.08. The van der Waals surface area contributed by atoms with Gasteiger partial charge in [-0.05, 0) is 31.2 Å². The van der Waals surface area contributed by atoms with Gasteiger partial charge in [-0.15, -0.1) is 0 Å². The van der Waals surface area contributed by atoms with E-state index in [2.05, 4.69) is 29.7 Å². The first-order chi connectivity index (χ1) is 18.2. The first-order valence-electron chi connectivity index (χ1n) is 11.1. The second kappa shape index (κ2) is 13.7. The molecule has 214 valence electrons. The number of nitrogens with one attached hydrogen (secondary N) is 1. The van der Waals surface area contributed by atoms with Crippen LogP contribution < -0.4 is 4.90 Å². The van der Waals surface area contributed by atoms with E-state index in [1.54, 1.807) is 18.5 Å². The standard InChI is InChI=1S/C18H21FN6.2C2HF3O2/c19-14-3-4-15-16(12-14)23-17(22-15)2-1-7-24-8-10-25(11-9-24)18-13-20-5-6-21-18;2*3-2(4,5)1(6)7/h3-6,12-13H,1-2,7-11H2,(H,22,23);2*(H,6,7). The average molecular weight is 568 g/mol. The highest BCUT2D eigenvalue weighted by molar-refractivity contribution is 5.75. The van der Waals surface area contributed by atoms with Crippen molar-refractivity contribution in [2.24, 2.45) is 0 Å². The number of anilines is 1. The number of nitrogens with zero attached hydrogens (tertiary/aromatic N) is 5. The number of fused-ring (bicyclic) bond motifs is 1. The molecule has 0 atom stereocenters. The lowest BCUT2D eigenvalue weighted by Crippen LogP contribution is -2.47. The summed E-state index contributed by atoms with van der Waals surface area (Å²) in [6, 6.07) is 4.66. The van der Waals surface area contributed by atoms with Gasteiger partial charge >= 0.3 is 24.3 Å². The summed E-state index contributed by atoms with van der Waals surface area (Å²) in [6.07, 6.45) is -3.00. The number of halogens is 7. The summed E-state index contributed by atoms with van der Waals surface area (Å²) >= 11 is 0. The van der Waals surface area contributed by atoms with Crippen LogP contribution in [0.2, 0.25) is 0 Å². The van der Waals surface area contributed by atoms with Gasteiger partial charge in [-0.2, -0.15) is 26.3 Å². The van der Waals surface area contributed by atoms with Crippen LogP contribution in [0.1, 0.15) is 12.2 Å². The largest absolute Gasteiger partial charge is 0.490 e. The van der Waals surface area contributed by atoms with Gasteiger partial charge in [0.15, 0.2) is 0 Å². The van der Waals surface area contributed by atoms with Crippen LogP contribution in [0.3, 0.4) is 0 Å². The molecular weight excluding hydrogens is 545 g/mol. The second-order valence-corrected chi connectivity index (χ2v) is 7.95. The number of aromatic nitrogens is 4. The van der Waals surface area contributed by atoms with E-state index >= 15 is 0 Å². The molecule has 10 nitrogen and oxygen atoms in total. The summed E-state index contributed by atoms with van der Waals surface area (Å²) in [5.74, 6) is -3.86. The Morgan fingerprint density at radius 1 is 0.949 bits per heavy atom. The fourth-order valence-electron chi connectivity index (χ4n) is 3.28. The number of aliphatic carboxylic acids is 2. The molecule has 0 amide bonds. The molecule has 39 heavy (non-hydrogen) atoms. The van der Waals surface area contributed by atoms with Crippen molar-refractivity contribution in [3.8, 4) is 0 Å². The number of rotatable bonds is 5. The predicted molar refractivity (Wildman–Crippen MR) is 122 cm³/mol. The fourth-order valence-corrected chi connectivity index (χ4v) is 3.28. The number of alkyl halides is 6. The minimum Gasteiger partial charge on any atom is -0.475 e. The summed E-state index contributed by atoms with van der Waals surface area (Å²) in [6.45, 7) is 5.05. The maximum absolute atomic E-state index is 13.2. The third-order valence-corrected chi connectivity index (χ3v) is 5.11. The van der Waals surface area contributed by atoms with E-state index in [1.807, 2.05) is 6.20 Å². The monoisotopic (exact) mass is 568 g/mol. The molecule has 1 aromatic carbocycles. The molecule has 1 saturated heterocycles. The number of aryl methyl sites for hydroxylation is 1. The molecule has 3 aromatic rings. The van der Waals surface area contributed by atoms with Crippen molar-refractivity contribution < 1.29 is 50.5 Å². The molecule has 3 heterocycles. The summed E-state index contributed by atoms with van der Waals surface area (Å²) in [7, 11) is 0. The van der Waals surface area contributed by atoms with Gasteiger partial charge in [-0.1, -0.05) is 0 Å². The Hall–Kier alpha value is -4.02. The molecule has 1 fully saturated rings. The van der Waals surface area contributed by atoms with Crippen LogP contribution >= 0.6 is 0 Å². The van der Waals surface area contributed by atoms with Crippen molar-refractivity contribution in [3.63, 3.8) is 0 Å². The Bertz CT molecular complexity index is 1190. The lowest BCUT2D eigenvalue weighted by molar-refractivity contribution is -0.193. The first-order valence-corrected chi connectivity index (χ1v) is 11.1. The number of piperazine rings is 1. The number of imidazole rings is 1. The number of carboxylic acid groups (broad SMARTS) is 2. The molecule has 2 aromatic heterocycles. The van der Waals surface area contributed by atoms with E-state index in [0.717, 1.165) is 68.2 Å². The van der Waals surface area contributed by atoms with Gasteiger partial charge in [-0.25, -0.2) is 23.9 Å². The Balaban J connectivity index is 0.000000317. The normalized spacial score (nSPS) is 14.2. The van der Waals surface area contributed by atoms with Gasteiger partial charge in [0.2, 0.25) is 0 Å². The smallest absolute Gasteiger partial charge is 0.475 e. The summed E-state index contributed by atoms with van der Waals surface area (Å²) < 4.78 is 76.7. The zero-order chi connectivity index (χ0) is 29.2. The van der Waals surface area contributed by atoms with E-state index in [0.29, 0.717) is 0 Å². The fraction of sp³-hybridized carbons (Fsp3) is 0.409. The third kappa shape index (κ3) is 10.7. The molecule has 4 rings (SSSR count). The van der Waals surface area contributed by atoms with Crippen molar-refractivity contribution in [1.29, 1.82) is 0 Å². The van der Waals surface area contributed by atoms with Gasteiger partial charge in [0.1, 0.15) is 17.5 Å². The minimum absolute atomic E-state index is 0.233. The van der Waals surface area contributed by atoms with Crippen molar-refractivity contribution >= 4 is 28.8 Å². The zero-order valence-electron chi connectivity index (χ0n) is 20.0. The number of carboxylic acids is 2. The van der Waals surface area contributed by atoms with E-state index in [1.165, 1.54) is 12.1 Å². The zero-order valence-corrected chi connectivity index (χ0v) is 20.0. The molecule has 0 radical (unpaired) electrons. The first kappa shape index (κ1) is 31.2. The van der Waals surface area contributed by atoms with Gasteiger partial charge in [-0.3, -0.25) is 9.88 Å². The number of hydrogen-bond acceptors (Lipinski definition) is 7. The van der Waals surface area contributed by atoms with Crippen molar-refractivity contribution in [1.82, 2.24) is 24.8 Å². The number of carbonyl (C=O) groups is 2. The van der Waals surface area contributed by atoms with E-state index in [-0.39, 0.29) is 5.82 Å². The highest BCUT2D eigenvalue weighted by Gasteiger charge is 2.38. The molecule has 0 saturated carbocycles. The van der Waals surface area contributed by atoms with Crippen LogP contribution in [0.4, 0.5) is 36.6 Å². The number of aromatic amines is 1. The lowest BCUT2D eigenvalue weighted by atomic mass is 10.2. The Kier molecular flexibility index (Phi) is 10.9. The highest BCUT2D eigenvalue weighted by atomic mass is 19.4. The van der Waals surface area contributed by atoms with Crippen molar-refractivity contribution in [3.05, 3.63) is 48.4 Å². The molecule has 0 bridgehead atoms. The summed E-state index contributed by atoms with van der Waals surface area (Å²) in [5, 5.41) is 14.2. The summed E-state index contributed by atoms with van der Waals surface area (Å²) in [5.41, 5.74) is 1.60. The van der Waals surface area contributed by atoms with Crippen LogP contribution in [-0.2, 0) is 16.0 Å². The number of benzene rings is 1. The van der Waals surface area contributed by atoms with Gasteiger partial charge < -0.3 is 20.1 Å². The lowest BCUT2D eigenvalue weighted by Gasteiger charge is -2.35. The number of H-pyrrole nitrogens is 1. The van der Waals surface area contributed by atoms with Gasteiger partial charge in [0.25, 0.3) is 0 Å². The SMILES string of the molecule is Fc1ccc2nc(CCCN3CCN(c4cnccn4)CC3)[nH]c2c1.O=C(O)C(F)(F)F.O=C(O)C(F)(F)F. The van der Waals surface area contributed by atoms with Crippen molar-refractivity contribution in [2.75, 3.05) is 37.6 Å². The van der Waals surface area contributed by atoms with Crippen LogP contribution in [0.15, 0.2) is 36.8 Å². The molecule has 17 heteroatoms. The quantitative estimate of drug-likeness (QED) is 0.395. The van der Waals surface area contributed by atoms with Crippen LogP contribution in [0.25, 0.3) is 11.0 Å². The average Bonchev–Trinajstić information content (AvgIpc) is 3.26. The number of hydrogen-bond donors (Lipinski definition) is 3. The second-order valence-electron chi connectivity index (χ2n) is 7.95. The maximum Gasteiger partial charge on any atom is 0.490 e. The molecule has 3 N–H and O–H groups in total.